The summed E-state index contributed by atoms with van der Waals surface area (Å²) in [4.78, 5) is 23.9. The van der Waals surface area contributed by atoms with E-state index < -0.39 is 11.5 Å². The van der Waals surface area contributed by atoms with Crippen LogP contribution < -0.4 is 0 Å². The van der Waals surface area contributed by atoms with Crippen LogP contribution in [0.3, 0.4) is 0 Å². The Labute approximate surface area is 173 Å². The van der Waals surface area contributed by atoms with Gasteiger partial charge in [0.05, 0.1) is 12.2 Å². The molecule has 0 aromatic heterocycles. The van der Waals surface area contributed by atoms with Crippen LogP contribution in [-0.2, 0) is 19.1 Å². The van der Waals surface area contributed by atoms with Gasteiger partial charge in [-0.2, -0.15) is 0 Å². The molecule has 0 spiro atoms. The predicted octanol–water partition coefficient (Wildman–Crippen LogP) is 2.83. The van der Waals surface area contributed by atoms with E-state index in [0.717, 1.165) is 32.1 Å². The summed E-state index contributed by atoms with van der Waals surface area (Å²) < 4.78 is 11.7. The molecule has 4 aliphatic carbocycles. The molecule has 4 fully saturated rings. The minimum absolute atomic E-state index is 0.0216. The van der Waals surface area contributed by atoms with Gasteiger partial charge in [-0.3, -0.25) is 9.59 Å². The molecule has 164 valence electrons. The maximum atomic E-state index is 11.9. The van der Waals surface area contributed by atoms with Crippen LogP contribution >= 0.6 is 0 Å². The van der Waals surface area contributed by atoms with Crippen molar-refractivity contribution in [1.82, 2.24) is 0 Å². The number of aliphatic hydroxyl groups is 2. The lowest BCUT2D eigenvalue weighted by Crippen LogP contribution is -2.63. The highest BCUT2D eigenvalue weighted by atomic mass is 16.5. The van der Waals surface area contributed by atoms with E-state index in [4.69, 9.17) is 9.47 Å². The third-order valence-electron chi connectivity index (χ3n) is 9.28. The first-order chi connectivity index (χ1) is 13.6. The first kappa shape index (κ1) is 21.1. The molecule has 6 nitrogen and oxygen atoms in total. The lowest BCUT2D eigenvalue weighted by atomic mass is 9.43. The van der Waals surface area contributed by atoms with E-state index in [1.807, 2.05) is 0 Å². The molecule has 4 saturated carbocycles. The minimum Gasteiger partial charge on any atom is -0.462 e. The molecule has 0 saturated heterocycles. The predicted molar refractivity (Wildman–Crippen MR) is 106 cm³/mol. The first-order valence-corrected chi connectivity index (χ1v) is 11.3. The molecule has 0 aliphatic heterocycles. The van der Waals surface area contributed by atoms with Crippen LogP contribution in [0, 0.1) is 34.5 Å². The van der Waals surface area contributed by atoms with Gasteiger partial charge in [-0.1, -0.05) is 13.8 Å². The normalized spacial score (nSPS) is 51.4. The second-order valence-corrected chi connectivity index (χ2v) is 10.6. The summed E-state index contributed by atoms with van der Waals surface area (Å²) in [5, 5.41) is 21.2. The Morgan fingerprint density at radius 3 is 2.24 bits per heavy atom. The first-order valence-electron chi connectivity index (χ1n) is 11.3. The highest BCUT2D eigenvalue weighted by Gasteiger charge is 2.67. The summed E-state index contributed by atoms with van der Waals surface area (Å²) in [7, 11) is 0. The number of aliphatic hydroxyl groups excluding tert-OH is 2. The Hall–Kier alpha value is -1.14. The second-order valence-electron chi connectivity index (χ2n) is 10.6. The molecule has 4 aliphatic rings. The number of fused-ring (bicyclic) bond motifs is 5. The Balaban J connectivity index is 1.76. The highest BCUT2D eigenvalue weighted by Crippen LogP contribution is 2.67. The van der Waals surface area contributed by atoms with E-state index >= 15 is 0 Å². The van der Waals surface area contributed by atoms with E-state index in [1.54, 1.807) is 0 Å². The standard InChI is InChI=1S/C23H36O6/c1-12(24)28-18-10-14-9-15(26)7-8-22(14,3)17-11-20(29-13(2)25)23(4)16(21(17)18)5-6-19(23)27/h14-21,26-27H,5-11H2,1-4H3. The number of ether oxygens (including phenoxy) is 2. The maximum absolute atomic E-state index is 11.9. The van der Waals surface area contributed by atoms with E-state index in [2.05, 4.69) is 13.8 Å². The topological polar surface area (TPSA) is 93.1 Å². The quantitative estimate of drug-likeness (QED) is 0.683. The molecule has 10 atom stereocenters. The molecule has 0 amide bonds. The summed E-state index contributed by atoms with van der Waals surface area (Å²) >= 11 is 0. The van der Waals surface area contributed by atoms with Crippen molar-refractivity contribution in [2.45, 2.75) is 97.1 Å². The molecule has 10 unspecified atom stereocenters. The van der Waals surface area contributed by atoms with Gasteiger partial charge in [0.1, 0.15) is 12.2 Å². The van der Waals surface area contributed by atoms with Gasteiger partial charge in [0, 0.05) is 25.2 Å². The Morgan fingerprint density at radius 2 is 1.59 bits per heavy atom. The van der Waals surface area contributed by atoms with Crippen molar-refractivity contribution >= 4 is 11.9 Å². The van der Waals surface area contributed by atoms with Crippen molar-refractivity contribution in [1.29, 1.82) is 0 Å². The summed E-state index contributed by atoms with van der Waals surface area (Å²) in [6.07, 6.45) is 4.13. The van der Waals surface area contributed by atoms with Gasteiger partial charge >= 0.3 is 11.9 Å². The fourth-order valence-electron chi connectivity index (χ4n) is 7.82. The van der Waals surface area contributed by atoms with Crippen LogP contribution in [0.5, 0.6) is 0 Å². The average Bonchev–Trinajstić information content (AvgIpc) is 2.92. The van der Waals surface area contributed by atoms with Gasteiger partial charge in [0.25, 0.3) is 0 Å². The van der Waals surface area contributed by atoms with Crippen LogP contribution in [0.2, 0.25) is 0 Å². The van der Waals surface area contributed by atoms with Crippen LogP contribution in [0.15, 0.2) is 0 Å². The summed E-state index contributed by atoms with van der Waals surface area (Å²) in [5.74, 6) is 0.256. The van der Waals surface area contributed by atoms with Crippen molar-refractivity contribution in [3.05, 3.63) is 0 Å². The molecule has 6 heteroatoms. The zero-order chi connectivity index (χ0) is 21.1. The largest absolute Gasteiger partial charge is 0.462 e. The highest BCUT2D eigenvalue weighted by molar-refractivity contribution is 5.66. The zero-order valence-corrected chi connectivity index (χ0v) is 18.1. The van der Waals surface area contributed by atoms with Crippen molar-refractivity contribution in [2.75, 3.05) is 0 Å². The smallest absolute Gasteiger partial charge is 0.302 e. The van der Waals surface area contributed by atoms with E-state index in [9.17, 15) is 19.8 Å². The second kappa shape index (κ2) is 7.23. The maximum Gasteiger partial charge on any atom is 0.302 e. The molecule has 0 aromatic rings. The van der Waals surface area contributed by atoms with Gasteiger partial charge in [0.15, 0.2) is 0 Å². The van der Waals surface area contributed by atoms with Crippen LogP contribution in [-0.4, -0.2) is 46.6 Å². The zero-order valence-electron chi connectivity index (χ0n) is 18.1. The molecule has 29 heavy (non-hydrogen) atoms. The fourth-order valence-corrected chi connectivity index (χ4v) is 7.82. The molecule has 2 N–H and O–H groups in total. The fraction of sp³-hybridized carbons (Fsp3) is 0.913. The lowest BCUT2D eigenvalue weighted by Gasteiger charge is -2.63. The Bertz CT molecular complexity index is 678. The monoisotopic (exact) mass is 408 g/mol. The Kier molecular flexibility index (Phi) is 5.26. The summed E-state index contributed by atoms with van der Waals surface area (Å²) in [6.45, 7) is 7.29. The van der Waals surface area contributed by atoms with Gasteiger partial charge in [-0.05, 0) is 68.1 Å². The third kappa shape index (κ3) is 3.21. The molecule has 0 aromatic carbocycles. The lowest BCUT2D eigenvalue weighted by molar-refractivity contribution is -0.225. The van der Waals surface area contributed by atoms with Gasteiger partial charge in [0.2, 0.25) is 0 Å². The number of carbonyl (C=O) groups excluding carboxylic acids is 2. The van der Waals surface area contributed by atoms with Gasteiger partial charge in [-0.25, -0.2) is 0 Å². The van der Waals surface area contributed by atoms with E-state index in [1.165, 1.54) is 13.8 Å². The number of rotatable bonds is 2. The van der Waals surface area contributed by atoms with Crippen molar-refractivity contribution < 1.29 is 29.3 Å². The molecule has 0 bridgehead atoms. The summed E-state index contributed by atoms with van der Waals surface area (Å²) in [5.41, 5.74) is -0.490. The third-order valence-corrected chi connectivity index (χ3v) is 9.28. The molecule has 0 heterocycles. The number of esters is 2. The van der Waals surface area contributed by atoms with E-state index in [-0.39, 0.29) is 59.3 Å². The van der Waals surface area contributed by atoms with E-state index in [0.29, 0.717) is 12.8 Å². The Morgan fingerprint density at radius 1 is 0.897 bits per heavy atom. The van der Waals surface area contributed by atoms with Crippen LogP contribution in [0.4, 0.5) is 0 Å². The molecular formula is C23H36O6. The number of carbonyl (C=O) groups is 2. The molecule has 0 radical (unpaired) electrons. The average molecular weight is 409 g/mol. The minimum atomic E-state index is -0.519. The SMILES string of the molecule is CC(=O)OC1CC2CC(O)CCC2(C)C2CC(OC(C)=O)C3(C)C(O)CCC3C12. The van der Waals surface area contributed by atoms with Gasteiger partial charge < -0.3 is 19.7 Å². The summed E-state index contributed by atoms with van der Waals surface area (Å²) in [6, 6.07) is 0. The van der Waals surface area contributed by atoms with Crippen LogP contribution in [0.1, 0.15) is 72.6 Å². The number of hydrogen-bond acceptors (Lipinski definition) is 6. The van der Waals surface area contributed by atoms with Crippen molar-refractivity contribution in [3.63, 3.8) is 0 Å². The van der Waals surface area contributed by atoms with Gasteiger partial charge in [-0.15, -0.1) is 0 Å². The van der Waals surface area contributed by atoms with Crippen molar-refractivity contribution in [3.8, 4) is 0 Å². The van der Waals surface area contributed by atoms with Crippen LogP contribution in [0.25, 0.3) is 0 Å². The molecular weight excluding hydrogens is 372 g/mol. The number of hydrogen-bond donors (Lipinski definition) is 2. The molecule has 4 rings (SSSR count). The van der Waals surface area contributed by atoms with Crippen molar-refractivity contribution in [2.24, 2.45) is 34.5 Å².